The first-order valence-electron chi connectivity index (χ1n) is 10.3. The third-order valence-corrected chi connectivity index (χ3v) is 7.03. The molecule has 0 aromatic heterocycles. The fourth-order valence-corrected chi connectivity index (χ4v) is 6.23. The Morgan fingerprint density at radius 3 is 2.17 bits per heavy atom. The van der Waals surface area contributed by atoms with Crippen molar-refractivity contribution in [1.29, 1.82) is 0 Å². The number of carbonyl (C=O) groups is 2. The molecule has 4 saturated carbocycles. The van der Waals surface area contributed by atoms with Gasteiger partial charge < -0.3 is 19.5 Å². The first-order valence-corrected chi connectivity index (χ1v) is 10.6. The molecule has 4 fully saturated rings. The highest BCUT2D eigenvalue weighted by atomic mass is 35.5. The number of nitrogens with one attached hydrogen (secondary N) is 1. The molecular formula is C22H28ClNO5. The maximum absolute atomic E-state index is 12.8. The van der Waals surface area contributed by atoms with E-state index in [-0.39, 0.29) is 22.0 Å². The van der Waals surface area contributed by atoms with E-state index in [1.54, 1.807) is 6.92 Å². The summed E-state index contributed by atoms with van der Waals surface area (Å²) in [5, 5.41) is 3.49. The van der Waals surface area contributed by atoms with Gasteiger partial charge in [-0.15, -0.1) is 0 Å². The van der Waals surface area contributed by atoms with Crippen LogP contribution in [0.4, 0.5) is 0 Å². The molecule has 4 bridgehead atoms. The average molecular weight is 422 g/mol. The summed E-state index contributed by atoms with van der Waals surface area (Å²) in [4.78, 5) is 25.4. The number of ether oxygens (including phenoxy) is 3. The Bertz CT molecular complexity index is 788. The lowest BCUT2D eigenvalue weighted by Crippen LogP contribution is -2.61. The van der Waals surface area contributed by atoms with Crippen molar-refractivity contribution in [3.8, 4) is 11.5 Å². The SMILES string of the molecule is COc1cc(C(=O)O[C@@H](C)C(=O)NC23CC4CC(CC(C4)C2)C3)cc(Cl)c1OC. The highest BCUT2D eigenvalue weighted by Gasteiger charge is 2.51. The van der Waals surface area contributed by atoms with Crippen molar-refractivity contribution in [1.82, 2.24) is 5.32 Å². The monoisotopic (exact) mass is 421 g/mol. The summed E-state index contributed by atoms with van der Waals surface area (Å²) < 4.78 is 15.8. The van der Waals surface area contributed by atoms with Crippen LogP contribution in [0.15, 0.2) is 12.1 Å². The highest BCUT2D eigenvalue weighted by molar-refractivity contribution is 6.32. The molecule has 0 unspecified atom stereocenters. The lowest BCUT2D eigenvalue weighted by Gasteiger charge is -2.57. The van der Waals surface area contributed by atoms with Gasteiger partial charge in [-0.25, -0.2) is 4.79 Å². The molecule has 0 saturated heterocycles. The van der Waals surface area contributed by atoms with Crippen LogP contribution in [-0.4, -0.2) is 37.7 Å². The van der Waals surface area contributed by atoms with Crippen molar-refractivity contribution in [3.05, 3.63) is 22.7 Å². The molecule has 1 N–H and O–H groups in total. The quantitative estimate of drug-likeness (QED) is 0.703. The molecule has 1 aromatic rings. The standard InChI is InChI=1S/C22H28ClNO5/c1-12(29-21(26)16-7-17(23)19(28-3)18(8-16)27-2)20(25)24-22-9-13-4-14(10-22)6-15(5-13)11-22/h7-8,12-15H,4-6,9-11H2,1-3H3,(H,24,25)/t12-,13?,14?,15?,22?/m0/s1. The summed E-state index contributed by atoms with van der Waals surface area (Å²) in [5.74, 6) is 2.01. The van der Waals surface area contributed by atoms with Gasteiger partial charge in [0.1, 0.15) is 0 Å². The fraction of sp³-hybridized carbons (Fsp3) is 0.636. The van der Waals surface area contributed by atoms with E-state index in [1.807, 2.05) is 0 Å². The zero-order chi connectivity index (χ0) is 20.8. The van der Waals surface area contributed by atoms with Crippen molar-refractivity contribution in [2.24, 2.45) is 17.8 Å². The number of halogens is 1. The molecule has 158 valence electrons. The van der Waals surface area contributed by atoms with Crippen LogP contribution in [0.3, 0.4) is 0 Å². The third-order valence-electron chi connectivity index (χ3n) is 6.75. The van der Waals surface area contributed by atoms with Crippen LogP contribution in [0.1, 0.15) is 55.8 Å². The Hall–Kier alpha value is -1.95. The van der Waals surface area contributed by atoms with Crippen molar-refractivity contribution in [3.63, 3.8) is 0 Å². The van der Waals surface area contributed by atoms with Gasteiger partial charge in [0.15, 0.2) is 17.6 Å². The maximum Gasteiger partial charge on any atom is 0.339 e. The van der Waals surface area contributed by atoms with Crippen LogP contribution in [-0.2, 0) is 9.53 Å². The fourth-order valence-electron chi connectivity index (χ4n) is 5.94. The Balaban J connectivity index is 1.41. The van der Waals surface area contributed by atoms with E-state index in [0.29, 0.717) is 11.5 Å². The Kier molecular flexibility index (Phi) is 5.40. The smallest absolute Gasteiger partial charge is 0.339 e. The molecule has 4 aliphatic rings. The van der Waals surface area contributed by atoms with Gasteiger partial charge in [-0.05, 0) is 75.3 Å². The van der Waals surface area contributed by atoms with Crippen LogP contribution in [0.2, 0.25) is 5.02 Å². The van der Waals surface area contributed by atoms with Gasteiger partial charge >= 0.3 is 5.97 Å². The summed E-state index contributed by atoms with van der Waals surface area (Å²) >= 11 is 6.17. The predicted octanol–water partition coefficient (Wildman–Crippen LogP) is 3.99. The topological polar surface area (TPSA) is 73.9 Å². The first kappa shape index (κ1) is 20.3. The van der Waals surface area contributed by atoms with E-state index in [1.165, 1.54) is 45.6 Å². The second-order valence-electron chi connectivity index (χ2n) is 8.93. The maximum atomic E-state index is 12.8. The van der Waals surface area contributed by atoms with Crippen LogP contribution in [0, 0.1) is 17.8 Å². The number of carbonyl (C=O) groups excluding carboxylic acids is 2. The van der Waals surface area contributed by atoms with E-state index >= 15 is 0 Å². The molecule has 29 heavy (non-hydrogen) atoms. The Labute approximate surface area is 176 Å². The molecule has 0 radical (unpaired) electrons. The molecule has 0 aliphatic heterocycles. The van der Waals surface area contributed by atoms with E-state index in [4.69, 9.17) is 25.8 Å². The van der Waals surface area contributed by atoms with Gasteiger partial charge in [0.2, 0.25) is 0 Å². The highest BCUT2D eigenvalue weighted by Crippen LogP contribution is 2.55. The Morgan fingerprint density at radius 2 is 1.66 bits per heavy atom. The number of methoxy groups -OCH3 is 2. The van der Waals surface area contributed by atoms with Crippen LogP contribution >= 0.6 is 11.6 Å². The van der Waals surface area contributed by atoms with Crippen molar-refractivity contribution < 1.29 is 23.8 Å². The minimum Gasteiger partial charge on any atom is -0.493 e. The molecule has 1 atom stereocenters. The minimum atomic E-state index is -0.887. The number of esters is 1. The van der Waals surface area contributed by atoms with Crippen molar-refractivity contribution in [2.45, 2.75) is 57.1 Å². The molecule has 4 aliphatic carbocycles. The summed E-state index contributed by atoms with van der Waals surface area (Å²) in [6.45, 7) is 1.61. The van der Waals surface area contributed by atoms with Gasteiger partial charge in [0.05, 0.1) is 24.8 Å². The number of hydrogen-bond donors (Lipinski definition) is 1. The lowest BCUT2D eigenvalue weighted by molar-refractivity contribution is -0.134. The van der Waals surface area contributed by atoms with Gasteiger partial charge in [0.25, 0.3) is 5.91 Å². The lowest BCUT2D eigenvalue weighted by atomic mass is 9.53. The minimum absolute atomic E-state index is 0.112. The van der Waals surface area contributed by atoms with Crippen LogP contribution < -0.4 is 14.8 Å². The first-order chi connectivity index (χ1) is 13.8. The van der Waals surface area contributed by atoms with Gasteiger partial charge in [0, 0.05) is 5.54 Å². The zero-order valence-electron chi connectivity index (χ0n) is 17.1. The van der Waals surface area contributed by atoms with E-state index in [2.05, 4.69) is 5.32 Å². The molecule has 7 heteroatoms. The van der Waals surface area contributed by atoms with Crippen LogP contribution in [0.5, 0.6) is 11.5 Å². The molecule has 1 aromatic carbocycles. The molecule has 0 spiro atoms. The molecule has 6 nitrogen and oxygen atoms in total. The third kappa shape index (κ3) is 3.91. The summed E-state index contributed by atoms with van der Waals surface area (Å²) in [6.07, 6.45) is 6.19. The molecule has 0 heterocycles. The molecule has 5 rings (SSSR count). The van der Waals surface area contributed by atoms with E-state index in [9.17, 15) is 9.59 Å². The predicted molar refractivity (Wildman–Crippen MR) is 108 cm³/mol. The van der Waals surface area contributed by atoms with Gasteiger partial charge in [-0.1, -0.05) is 11.6 Å². The average Bonchev–Trinajstić information content (AvgIpc) is 2.65. The molecule has 1 amide bonds. The zero-order valence-corrected chi connectivity index (χ0v) is 17.9. The summed E-state index contributed by atoms with van der Waals surface area (Å²) in [5.41, 5.74) is 0.0983. The number of hydrogen-bond acceptors (Lipinski definition) is 5. The largest absolute Gasteiger partial charge is 0.493 e. The van der Waals surface area contributed by atoms with E-state index < -0.39 is 12.1 Å². The van der Waals surface area contributed by atoms with Crippen LogP contribution in [0.25, 0.3) is 0 Å². The van der Waals surface area contributed by atoms with Crippen molar-refractivity contribution >= 4 is 23.5 Å². The second-order valence-corrected chi connectivity index (χ2v) is 9.34. The van der Waals surface area contributed by atoms with E-state index in [0.717, 1.165) is 37.0 Å². The van der Waals surface area contributed by atoms with Gasteiger partial charge in [-0.3, -0.25) is 4.79 Å². The Morgan fingerprint density at radius 1 is 1.07 bits per heavy atom. The molecular weight excluding hydrogens is 394 g/mol. The normalized spacial score (nSPS) is 30.6. The number of benzene rings is 1. The number of rotatable bonds is 6. The summed E-state index contributed by atoms with van der Waals surface area (Å²) in [7, 11) is 2.93. The number of amides is 1. The second kappa shape index (κ2) is 7.71. The summed E-state index contributed by atoms with van der Waals surface area (Å²) in [6, 6.07) is 2.95. The van der Waals surface area contributed by atoms with Crippen molar-refractivity contribution in [2.75, 3.05) is 14.2 Å². The van der Waals surface area contributed by atoms with Gasteiger partial charge in [-0.2, -0.15) is 0 Å².